The summed E-state index contributed by atoms with van der Waals surface area (Å²) < 4.78 is 1.45. The second-order valence-electron chi connectivity index (χ2n) is 11.5. The van der Waals surface area contributed by atoms with Crippen molar-refractivity contribution in [1.29, 1.82) is 0 Å². The number of hydrogen-bond acceptors (Lipinski definition) is 9. The summed E-state index contributed by atoms with van der Waals surface area (Å²) in [5, 5.41) is 15.7. The smallest absolute Gasteiger partial charge is 0.274 e. The Hall–Kier alpha value is -5.21. The van der Waals surface area contributed by atoms with Gasteiger partial charge in [-0.2, -0.15) is 5.10 Å². The second-order valence-corrected chi connectivity index (χ2v) is 11.5. The van der Waals surface area contributed by atoms with E-state index in [0.29, 0.717) is 24.5 Å². The summed E-state index contributed by atoms with van der Waals surface area (Å²) in [4.78, 5) is 79.8. The number of nitrogens with zero attached hydrogens (tertiary/aromatic N) is 6. The zero-order valence-electron chi connectivity index (χ0n) is 26.4. The van der Waals surface area contributed by atoms with Gasteiger partial charge in [-0.3, -0.25) is 29.0 Å². The normalized spacial score (nSPS) is 20.7. The molecule has 0 aliphatic carbocycles. The van der Waals surface area contributed by atoms with Crippen LogP contribution in [0.2, 0.25) is 0 Å². The summed E-state index contributed by atoms with van der Waals surface area (Å²) in [6, 6.07) is 6.67. The summed E-state index contributed by atoms with van der Waals surface area (Å²) in [5.41, 5.74) is 0.790. The zero-order chi connectivity index (χ0) is 33.2. The van der Waals surface area contributed by atoms with Crippen molar-refractivity contribution < 1.29 is 24.0 Å². The van der Waals surface area contributed by atoms with Gasteiger partial charge in [-0.25, -0.2) is 14.6 Å². The van der Waals surface area contributed by atoms with E-state index in [1.54, 1.807) is 6.92 Å². The Morgan fingerprint density at radius 1 is 0.935 bits per heavy atom. The third-order valence-corrected chi connectivity index (χ3v) is 7.21. The van der Waals surface area contributed by atoms with Crippen LogP contribution in [0.3, 0.4) is 0 Å². The lowest BCUT2D eigenvalue weighted by Crippen LogP contribution is -2.54. The van der Waals surface area contributed by atoms with Crippen LogP contribution in [0.5, 0.6) is 0 Å². The van der Waals surface area contributed by atoms with E-state index in [1.807, 2.05) is 44.2 Å². The monoisotopic (exact) mass is 632 g/mol. The number of nitrogens with one attached hydrogen (secondary N) is 4. The third-order valence-electron chi connectivity index (χ3n) is 7.21. The van der Waals surface area contributed by atoms with E-state index >= 15 is 0 Å². The van der Waals surface area contributed by atoms with Crippen molar-refractivity contribution in [2.45, 2.75) is 65.2 Å². The highest BCUT2D eigenvalue weighted by Gasteiger charge is 2.29. The first kappa shape index (κ1) is 33.7. The van der Waals surface area contributed by atoms with Gasteiger partial charge in [-0.05, 0) is 32.6 Å². The lowest BCUT2D eigenvalue weighted by atomic mass is 10.0. The molecule has 0 saturated carbocycles. The topological polar surface area (TPSA) is 193 Å². The van der Waals surface area contributed by atoms with E-state index in [2.05, 4.69) is 41.3 Å². The Balaban J connectivity index is 1.63. The van der Waals surface area contributed by atoms with Crippen LogP contribution in [0.1, 0.15) is 62.9 Å². The molecule has 1 aromatic carbocycles. The number of amides is 5. The highest BCUT2D eigenvalue weighted by molar-refractivity contribution is 5.96. The van der Waals surface area contributed by atoms with E-state index in [0.717, 1.165) is 5.56 Å². The fourth-order valence-electron chi connectivity index (χ4n) is 4.92. The third kappa shape index (κ3) is 9.15. The number of fused-ring (bicyclic) bond motifs is 1. The minimum Gasteiger partial charge on any atom is -0.354 e. The van der Waals surface area contributed by atoms with Gasteiger partial charge in [0.2, 0.25) is 23.6 Å². The van der Waals surface area contributed by atoms with Crippen LogP contribution >= 0.6 is 0 Å². The number of rotatable bonds is 4. The molecule has 0 radical (unpaired) electrons. The molecule has 1 aliphatic heterocycles. The fourth-order valence-corrected chi connectivity index (χ4v) is 4.92. The molecule has 2 aromatic heterocycles. The fraction of sp³-hybridized carbons (Fsp3) is 0.452. The van der Waals surface area contributed by atoms with Gasteiger partial charge in [-0.1, -0.05) is 44.2 Å². The molecule has 244 valence electrons. The Bertz CT molecular complexity index is 1530. The van der Waals surface area contributed by atoms with Gasteiger partial charge in [0.05, 0.1) is 18.8 Å². The summed E-state index contributed by atoms with van der Waals surface area (Å²) >= 11 is 0. The van der Waals surface area contributed by atoms with Crippen LogP contribution in [-0.2, 0) is 25.7 Å². The molecule has 46 heavy (non-hydrogen) atoms. The van der Waals surface area contributed by atoms with Gasteiger partial charge in [-0.15, -0.1) is 0 Å². The summed E-state index contributed by atoms with van der Waals surface area (Å²) in [6.45, 7) is 6.85. The first-order valence-corrected chi connectivity index (χ1v) is 15.2. The number of benzene rings is 1. The van der Waals surface area contributed by atoms with Gasteiger partial charge in [0, 0.05) is 31.0 Å². The average Bonchev–Trinajstić information content (AvgIpc) is 3.45. The Labute approximate surface area is 267 Å². The zero-order valence-corrected chi connectivity index (χ0v) is 26.4. The molecule has 15 nitrogen and oxygen atoms in total. The molecule has 0 spiro atoms. The predicted molar refractivity (Wildman–Crippen MR) is 167 cm³/mol. The van der Waals surface area contributed by atoms with E-state index < -0.39 is 41.8 Å². The van der Waals surface area contributed by atoms with Gasteiger partial charge in [0.1, 0.15) is 30.1 Å². The van der Waals surface area contributed by atoms with Crippen LogP contribution in [0.25, 0.3) is 11.4 Å². The van der Waals surface area contributed by atoms with Crippen LogP contribution < -0.4 is 21.3 Å². The Morgan fingerprint density at radius 3 is 2.39 bits per heavy atom. The van der Waals surface area contributed by atoms with Crippen LogP contribution in [0.4, 0.5) is 0 Å². The summed E-state index contributed by atoms with van der Waals surface area (Å²) in [7, 11) is 0. The van der Waals surface area contributed by atoms with Crippen LogP contribution in [-0.4, -0.2) is 90.9 Å². The summed E-state index contributed by atoms with van der Waals surface area (Å²) in [6.07, 6.45) is 4.75. The molecule has 4 rings (SSSR count). The van der Waals surface area contributed by atoms with Crippen molar-refractivity contribution >= 4 is 29.5 Å². The number of carbonyl (C=O) groups excluding carboxylic acids is 5. The molecular weight excluding hydrogens is 592 g/mol. The van der Waals surface area contributed by atoms with Gasteiger partial charge in [0.15, 0.2) is 5.82 Å². The largest absolute Gasteiger partial charge is 0.354 e. The first-order chi connectivity index (χ1) is 22.0. The number of hydrogen-bond donors (Lipinski definition) is 4. The molecule has 4 N–H and O–H groups in total. The Morgan fingerprint density at radius 2 is 1.70 bits per heavy atom. The standard InChI is InChI=1S/C31H40N10O5/c1-19(2)15-23-30(45)36-20(3)28-38-27(22-9-6-5-7-10-22)39-41(28)18-25(42)34-11-8-14-40(31(46)24-16-32-12-13-33-24)17-26(43)35-21(4)29(44)37-23/h5-7,9-10,12-13,16,19-21,23H,8,11,14-15,17-18H2,1-4H3,(H,34,42)(H,35,43)(H,36,45)(H,37,44)/t20-,21+,23+/m0/s1. The SMILES string of the molecule is CC(C)C[C@H]1NC(=O)[C@@H](C)NC(=O)CN(C(=O)c2cnccn2)CCCNC(=O)Cn2nc(-c3ccccc3)nc2[C@H](C)NC1=O. The van der Waals surface area contributed by atoms with Crippen molar-refractivity contribution in [1.82, 2.24) is 50.9 Å². The highest BCUT2D eigenvalue weighted by atomic mass is 16.2. The lowest BCUT2D eigenvalue weighted by molar-refractivity contribution is -0.132. The van der Waals surface area contributed by atoms with E-state index in [1.165, 1.54) is 35.1 Å². The molecule has 3 atom stereocenters. The molecule has 5 amide bonds. The van der Waals surface area contributed by atoms with E-state index in [-0.39, 0.29) is 43.7 Å². The molecule has 0 fully saturated rings. The van der Waals surface area contributed by atoms with Gasteiger partial charge >= 0.3 is 0 Å². The molecule has 0 bridgehead atoms. The van der Waals surface area contributed by atoms with Crippen molar-refractivity contribution in [2.75, 3.05) is 19.6 Å². The van der Waals surface area contributed by atoms with Crippen LogP contribution in [0.15, 0.2) is 48.9 Å². The Kier molecular flexibility index (Phi) is 11.5. The predicted octanol–water partition coefficient (Wildman–Crippen LogP) is 0.610. The quantitative estimate of drug-likeness (QED) is 0.319. The maximum absolute atomic E-state index is 13.5. The first-order valence-electron chi connectivity index (χ1n) is 15.2. The summed E-state index contributed by atoms with van der Waals surface area (Å²) in [5.74, 6) is -1.67. The highest BCUT2D eigenvalue weighted by Crippen LogP contribution is 2.19. The lowest BCUT2D eigenvalue weighted by Gasteiger charge is -2.25. The van der Waals surface area contributed by atoms with Crippen molar-refractivity contribution in [3.63, 3.8) is 0 Å². The van der Waals surface area contributed by atoms with E-state index in [9.17, 15) is 24.0 Å². The van der Waals surface area contributed by atoms with Crippen molar-refractivity contribution in [2.24, 2.45) is 5.92 Å². The van der Waals surface area contributed by atoms with Crippen molar-refractivity contribution in [3.8, 4) is 11.4 Å². The molecule has 0 saturated heterocycles. The molecule has 0 unspecified atom stereocenters. The number of carbonyl (C=O) groups is 5. The van der Waals surface area contributed by atoms with Gasteiger partial charge < -0.3 is 26.2 Å². The maximum Gasteiger partial charge on any atom is 0.274 e. The van der Waals surface area contributed by atoms with Crippen molar-refractivity contribution in [3.05, 3.63) is 60.4 Å². The van der Waals surface area contributed by atoms with E-state index in [4.69, 9.17) is 0 Å². The minimum absolute atomic E-state index is 0.0492. The van der Waals surface area contributed by atoms with Crippen LogP contribution in [0, 0.1) is 5.92 Å². The average molecular weight is 633 g/mol. The second kappa shape index (κ2) is 15.7. The number of aromatic nitrogens is 5. The van der Waals surface area contributed by atoms with Gasteiger partial charge in [0.25, 0.3) is 5.91 Å². The minimum atomic E-state index is -1.00. The maximum atomic E-state index is 13.5. The molecule has 3 aromatic rings. The molecule has 15 heteroatoms. The molecule has 3 heterocycles. The molecule has 1 aliphatic rings. The molecular formula is C31H40N10O5.